The van der Waals surface area contributed by atoms with Crippen LogP contribution in [0.25, 0.3) is 0 Å². The topological polar surface area (TPSA) is 47.6 Å². The van der Waals surface area contributed by atoms with Gasteiger partial charge in [0.05, 0.1) is 17.5 Å². The van der Waals surface area contributed by atoms with E-state index in [-0.39, 0.29) is 12.2 Å². The van der Waals surface area contributed by atoms with E-state index in [4.69, 9.17) is 9.05 Å². The Labute approximate surface area is 105 Å². The van der Waals surface area contributed by atoms with E-state index in [2.05, 4.69) is 12.2 Å². The molecule has 0 bridgehead atoms. The zero-order chi connectivity index (χ0) is 13.5. The van der Waals surface area contributed by atoms with Crippen LogP contribution in [0.2, 0.25) is 0 Å². The molecule has 4 nitrogen and oxygen atoms in total. The fraction of sp³-hybridized carbons (Fsp3) is 0.833. The molecule has 0 radical (unpaired) electrons. The SMILES string of the molecule is CCCN/C=C(\C)P(=O)(OC(C)C)OC(C)C. The number of hydrogen-bond donors (Lipinski definition) is 1. The summed E-state index contributed by atoms with van der Waals surface area (Å²) < 4.78 is 23.5. The van der Waals surface area contributed by atoms with E-state index in [0.717, 1.165) is 13.0 Å². The molecule has 0 aromatic heterocycles. The fourth-order valence-corrected chi connectivity index (χ4v) is 2.93. The van der Waals surface area contributed by atoms with E-state index in [9.17, 15) is 4.57 Å². The van der Waals surface area contributed by atoms with Gasteiger partial charge in [-0.1, -0.05) is 6.92 Å². The zero-order valence-corrected chi connectivity index (χ0v) is 12.7. The van der Waals surface area contributed by atoms with Gasteiger partial charge >= 0.3 is 7.60 Å². The van der Waals surface area contributed by atoms with Crippen molar-refractivity contribution in [1.29, 1.82) is 0 Å². The highest BCUT2D eigenvalue weighted by Gasteiger charge is 2.29. The maximum atomic E-state index is 12.6. The number of nitrogens with one attached hydrogen (secondary N) is 1. The van der Waals surface area contributed by atoms with Gasteiger partial charge in [-0.25, -0.2) is 0 Å². The summed E-state index contributed by atoms with van der Waals surface area (Å²) in [4.78, 5) is 0. The highest BCUT2D eigenvalue weighted by molar-refractivity contribution is 7.58. The molecule has 0 heterocycles. The van der Waals surface area contributed by atoms with E-state index in [1.54, 1.807) is 13.1 Å². The van der Waals surface area contributed by atoms with Crippen LogP contribution in [0.1, 0.15) is 48.0 Å². The molecule has 0 saturated carbocycles. The van der Waals surface area contributed by atoms with Gasteiger partial charge in [-0.3, -0.25) is 4.57 Å². The fourth-order valence-electron chi connectivity index (χ4n) is 1.19. The van der Waals surface area contributed by atoms with Crippen LogP contribution in [0.4, 0.5) is 0 Å². The molecule has 0 saturated heterocycles. The third-order valence-electron chi connectivity index (χ3n) is 1.84. The normalized spacial score (nSPS) is 13.5. The van der Waals surface area contributed by atoms with Crippen LogP contribution in [0, 0.1) is 0 Å². The second-order valence-electron chi connectivity index (χ2n) is 4.55. The summed E-state index contributed by atoms with van der Waals surface area (Å²) in [6.07, 6.45) is 2.49. The molecule has 5 heteroatoms. The van der Waals surface area contributed by atoms with Crippen molar-refractivity contribution in [3.8, 4) is 0 Å². The minimum Gasteiger partial charge on any atom is -0.390 e. The van der Waals surface area contributed by atoms with Crippen LogP contribution in [-0.4, -0.2) is 18.8 Å². The summed E-state index contributed by atoms with van der Waals surface area (Å²) in [5.74, 6) is 0. The maximum Gasteiger partial charge on any atom is 0.358 e. The Kier molecular flexibility index (Phi) is 7.77. The molecule has 0 unspecified atom stereocenters. The number of rotatable bonds is 8. The lowest BCUT2D eigenvalue weighted by Gasteiger charge is -2.23. The molecule has 0 aliphatic heterocycles. The second-order valence-corrected chi connectivity index (χ2v) is 6.67. The van der Waals surface area contributed by atoms with Crippen LogP contribution in [0.3, 0.4) is 0 Å². The van der Waals surface area contributed by atoms with Crippen molar-refractivity contribution in [1.82, 2.24) is 5.32 Å². The van der Waals surface area contributed by atoms with Gasteiger partial charge in [0, 0.05) is 12.7 Å². The monoisotopic (exact) mass is 263 g/mol. The maximum absolute atomic E-state index is 12.6. The summed E-state index contributed by atoms with van der Waals surface area (Å²) in [6, 6.07) is 0. The quantitative estimate of drug-likeness (QED) is 0.533. The molecule has 17 heavy (non-hydrogen) atoms. The van der Waals surface area contributed by atoms with Crippen molar-refractivity contribution < 1.29 is 13.6 Å². The Morgan fingerprint density at radius 3 is 2.06 bits per heavy atom. The minimum atomic E-state index is -3.16. The van der Waals surface area contributed by atoms with Crippen LogP contribution in [0.15, 0.2) is 11.5 Å². The third kappa shape index (κ3) is 6.87. The van der Waals surface area contributed by atoms with Crippen molar-refractivity contribution in [3.05, 3.63) is 11.5 Å². The van der Waals surface area contributed by atoms with E-state index < -0.39 is 7.60 Å². The van der Waals surface area contributed by atoms with Crippen LogP contribution >= 0.6 is 7.60 Å². The third-order valence-corrected chi connectivity index (χ3v) is 4.23. The Balaban J connectivity index is 4.77. The molecule has 0 aromatic rings. The van der Waals surface area contributed by atoms with Gasteiger partial charge in [-0.05, 0) is 41.0 Å². The minimum absolute atomic E-state index is 0.130. The zero-order valence-electron chi connectivity index (χ0n) is 11.8. The molecule has 0 rings (SSSR count). The first-order chi connectivity index (χ1) is 7.81. The molecule has 0 fully saturated rings. The summed E-state index contributed by atoms with van der Waals surface area (Å²) >= 11 is 0. The van der Waals surface area contributed by atoms with Gasteiger partial charge in [0.2, 0.25) is 0 Å². The number of allylic oxidation sites excluding steroid dienone is 1. The lowest BCUT2D eigenvalue weighted by Crippen LogP contribution is -2.11. The van der Waals surface area contributed by atoms with E-state index >= 15 is 0 Å². The van der Waals surface area contributed by atoms with E-state index in [0.29, 0.717) is 5.31 Å². The van der Waals surface area contributed by atoms with Crippen molar-refractivity contribution in [2.75, 3.05) is 6.54 Å². The highest BCUT2D eigenvalue weighted by Crippen LogP contribution is 2.57. The smallest absolute Gasteiger partial charge is 0.358 e. The standard InChI is InChI=1S/C12H26NO3P/c1-7-8-13-9-12(6)17(14,15-10(2)3)16-11(4)5/h9-11,13H,7-8H2,1-6H3/b12-9+. The molecule has 0 aromatic carbocycles. The molecule has 0 spiro atoms. The molecule has 102 valence electrons. The van der Waals surface area contributed by atoms with Crippen LogP contribution in [0.5, 0.6) is 0 Å². The van der Waals surface area contributed by atoms with Crippen molar-refractivity contribution >= 4 is 7.60 Å². The Bertz CT molecular complexity index is 273. The average molecular weight is 263 g/mol. The molecule has 0 atom stereocenters. The lowest BCUT2D eigenvalue weighted by molar-refractivity contribution is 0.147. The second kappa shape index (κ2) is 7.91. The summed E-state index contributed by atoms with van der Waals surface area (Å²) in [6.45, 7) is 12.1. The Hall–Kier alpha value is -0.310. The highest BCUT2D eigenvalue weighted by atomic mass is 31.2. The van der Waals surface area contributed by atoms with Gasteiger partial charge in [-0.15, -0.1) is 0 Å². The molecule has 0 amide bonds. The van der Waals surface area contributed by atoms with Gasteiger partial charge in [-0.2, -0.15) is 0 Å². The van der Waals surface area contributed by atoms with E-state index in [1.165, 1.54) is 0 Å². The predicted octanol–water partition coefficient (Wildman–Crippen LogP) is 3.89. The van der Waals surface area contributed by atoms with Crippen molar-refractivity contribution in [2.45, 2.75) is 60.2 Å². The first-order valence-electron chi connectivity index (χ1n) is 6.19. The molecule has 0 aliphatic rings. The first-order valence-corrected chi connectivity index (χ1v) is 7.73. The van der Waals surface area contributed by atoms with Gasteiger partial charge in [0.1, 0.15) is 0 Å². The summed E-state index contributed by atoms with van der Waals surface area (Å²) in [5, 5.41) is 3.71. The van der Waals surface area contributed by atoms with Gasteiger partial charge in [0.25, 0.3) is 0 Å². The number of hydrogen-bond acceptors (Lipinski definition) is 4. The molecule has 1 N–H and O–H groups in total. The van der Waals surface area contributed by atoms with E-state index in [1.807, 2.05) is 27.7 Å². The summed E-state index contributed by atoms with van der Waals surface area (Å²) in [7, 11) is -3.16. The van der Waals surface area contributed by atoms with Crippen molar-refractivity contribution in [2.24, 2.45) is 0 Å². The van der Waals surface area contributed by atoms with Crippen LogP contribution < -0.4 is 5.32 Å². The molecular formula is C12H26NO3P. The Morgan fingerprint density at radius 1 is 1.24 bits per heavy atom. The van der Waals surface area contributed by atoms with Crippen LogP contribution in [-0.2, 0) is 13.6 Å². The molecule has 0 aliphatic carbocycles. The predicted molar refractivity (Wildman–Crippen MR) is 72.1 cm³/mol. The van der Waals surface area contributed by atoms with Crippen molar-refractivity contribution in [3.63, 3.8) is 0 Å². The largest absolute Gasteiger partial charge is 0.390 e. The average Bonchev–Trinajstić information content (AvgIpc) is 2.15. The van der Waals surface area contributed by atoms with Gasteiger partial charge in [0.15, 0.2) is 0 Å². The summed E-state index contributed by atoms with van der Waals surface area (Å²) in [5.41, 5.74) is 0. The first kappa shape index (κ1) is 16.7. The van der Waals surface area contributed by atoms with Gasteiger partial charge < -0.3 is 14.4 Å². The molecular weight excluding hydrogens is 237 g/mol. The lowest BCUT2D eigenvalue weighted by atomic mass is 10.5. The Morgan fingerprint density at radius 2 is 1.71 bits per heavy atom.